The molecule has 118 valence electrons. The fourth-order valence-electron chi connectivity index (χ4n) is 2.54. The molecule has 6 nitrogen and oxygen atoms in total. The van der Waals surface area contributed by atoms with Crippen molar-refractivity contribution in [3.63, 3.8) is 0 Å². The standard InChI is InChI=1S/C15H24N2O4/c1-15(2,3)11-5-4-9-17(10-8-11)14(21)16-12(18)6-7-13(19)20/h6-7,11H,4-5,8-10H2,1-3H3,(H,19,20)(H,16,18,21). The Bertz CT molecular complexity index is 437. The third-order valence-corrected chi connectivity index (χ3v) is 3.85. The van der Waals surface area contributed by atoms with Gasteiger partial charge in [0.2, 0.25) is 0 Å². The molecule has 1 aliphatic heterocycles. The van der Waals surface area contributed by atoms with Gasteiger partial charge in [0.15, 0.2) is 0 Å². The normalized spacial score (nSPS) is 20.1. The first-order valence-electron chi connectivity index (χ1n) is 7.21. The molecule has 2 N–H and O–H groups in total. The summed E-state index contributed by atoms with van der Waals surface area (Å²) in [5.41, 5.74) is 0.215. The lowest BCUT2D eigenvalue weighted by atomic mass is 9.77. The zero-order chi connectivity index (χ0) is 16.0. The zero-order valence-electron chi connectivity index (χ0n) is 12.9. The number of amides is 3. The Hall–Kier alpha value is -1.85. The van der Waals surface area contributed by atoms with Gasteiger partial charge in [0.1, 0.15) is 0 Å². The zero-order valence-corrected chi connectivity index (χ0v) is 12.9. The van der Waals surface area contributed by atoms with E-state index in [1.165, 1.54) is 0 Å². The minimum absolute atomic E-state index is 0.215. The molecule has 1 fully saturated rings. The topological polar surface area (TPSA) is 86.7 Å². The number of aliphatic carboxylic acids is 1. The van der Waals surface area contributed by atoms with E-state index >= 15 is 0 Å². The minimum Gasteiger partial charge on any atom is -0.478 e. The number of imide groups is 1. The van der Waals surface area contributed by atoms with Crippen LogP contribution in [0.4, 0.5) is 4.79 Å². The monoisotopic (exact) mass is 296 g/mol. The molecule has 0 spiro atoms. The second kappa shape index (κ2) is 7.24. The van der Waals surface area contributed by atoms with Gasteiger partial charge in [-0.1, -0.05) is 20.8 Å². The summed E-state index contributed by atoms with van der Waals surface area (Å²) in [5.74, 6) is -1.38. The maximum atomic E-state index is 12.0. The maximum Gasteiger partial charge on any atom is 0.328 e. The van der Waals surface area contributed by atoms with Crippen LogP contribution in [0.25, 0.3) is 0 Å². The van der Waals surface area contributed by atoms with Gasteiger partial charge < -0.3 is 10.0 Å². The van der Waals surface area contributed by atoms with E-state index in [1.54, 1.807) is 4.90 Å². The molecular formula is C15H24N2O4. The van der Waals surface area contributed by atoms with Crippen LogP contribution in [0.3, 0.4) is 0 Å². The molecule has 1 aliphatic rings. The number of carbonyl (C=O) groups is 3. The highest BCUT2D eigenvalue weighted by Crippen LogP contribution is 2.34. The van der Waals surface area contributed by atoms with Gasteiger partial charge >= 0.3 is 12.0 Å². The van der Waals surface area contributed by atoms with Gasteiger partial charge in [-0.3, -0.25) is 10.1 Å². The van der Waals surface area contributed by atoms with Gasteiger partial charge in [0.05, 0.1) is 0 Å². The van der Waals surface area contributed by atoms with Crippen LogP contribution >= 0.6 is 0 Å². The molecule has 3 amide bonds. The number of nitrogens with one attached hydrogen (secondary N) is 1. The second-order valence-electron chi connectivity index (χ2n) is 6.45. The van der Waals surface area contributed by atoms with Gasteiger partial charge in [0.25, 0.3) is 5.91 Å². The van der Waals surface area contributed by atoms with Gasteiger partial charge in [-0.25, -0.2) is 9.59 Å². The second-order valence-corrected chi connectivity index (χ2v) is 6.45. The van der Waals surface area contributed by atoms with E-state index in [-0.39, 0.29) is 5.41 Å². The molecule has 1 unspecified atom stereocenters. The fourth-order valence-corrected chi connectivity index (χ4v) is 2.54. The lowest BCUT2D eigenvalue weighted by molar-refractivity contribution is -0.131. The third-order valence-electron chi connectivity index (χ3n) is 3.85. The van der Waals surface area contributed by atoms with Gasteiger partial charge in [-0.15, -0.1) is 0 Å². The van der Waals surface area contributed by atoms with E-state index in [1.807, 2.05) is 0 Å². The molecule has 1 saturated heterocycles. The summed E-state index contributed by atoms with van der Waals surface area (Å²) in [7, 11) is 0. The number of rotatable bonds is 2. The smallest absolute Gasteiger partial charge is 0.328 e. The molecule has 0 saturated carbocycles. The van der Waals surface area contributed by atoms with E-state index in [4.69, 9.17) is 5.11 Å². The Balaban J connectivity index is 2.52. The first-order chi connectivity index (χ1) is 9.70. The van der Waals surface area contributed by atoms with E-state index < -0.39 is 17.9 Å². The van der Waals surface area contributed by atoms with Crippen LogP contribution in [-0.4, -0.2) is 41.0 Å². The van der Waals surface area contributed by atoms with Crippen molar-refractivity contribution in [3.05, 3.63) is 12.2 Å². The number of urea groups is 1. The molecule has 1 heterocycles. The molecule has 0 bridgehead atoms. The largest absolute Gasteiger partial charge is 0.478 e. The molecule has 6 heteroatoms. The molecular weight excluding hydrogens is 272 g/mol. The lowest BCUT2D eigenvalue weighted by Gasteiger charge is -2.29. The quantitative estimate of drug-likeness (QED) is 0.763. The minimum atomic E-state index is -1.22. The Morgan fingerprint density at radius 2 is 1.81 bits per heavy atom. The predicted molar refractivity (Wildman–Crippen MR) is 78.7 cm³/mol. The van der Waals surface area contributed by atoms with E-state index in [0.717, 1.165) is 25.3 Å². The Kier molecular flexibility index (Phi) is 5.93. The summed E-state index contributed by atoms with van der Waals surface area (Å²) in [6.45, 7) is 7.84. The van der Waals surface area contributed by atoms with Crippen molar-refractivity contribution in [2.24, 2.45) is 11.3 Å². The summed E-state index contributed by atoms with van der Waals surface area (Å²) < 4.78 is 0. The average molecular weight is 296 g/mol. The molecule has 0 aliphatic carbocycles. The van der Waals surface area contributed by atoms with Crippen LogP contribution < -0.4 is 5.32 Å². The van der Waals surface area contributed by atoms with Crippen LogP contribution in [0.2, 0.25) is 0 Å². The van der Waals surface area contributed by atoms with Crippen LogP contribution in [0.1, 0.15) is 40.0 Å². The summed E-state index contributed by atoms with van der Waals surface area (Å²) in [6, 6.07) is -0.454. The van der Waals surface area contributed by atoms with E-state index in [9.17, 15) is 14.4 Å². The summed E-state index contributed by atoms with van der Waals surface area (Å²) in [5, 5.41) is 10.6. The van der Waals surface area contributed by atoms with Crippen molar-refractivity contribution < 1.29 is 19.5 Å². The van der Waals surface area contributed by atoms with Crippen LogP contribution in [-0.2, 0) is 9.59 Å². The Morgan fingerprint density at radius 3 is 2.38 bits per heavy atom. The predicted octanol–water partition coefficient (Wildman–Crippen LogP) is 2.01. The number of likely N-dealkylation sites (tertiary alicyclic amines) is 1. The first kappa shape index (κ1) is 17.2. The lowest BCUT2D eigenvalue weighted by Crippen LogP contribution is -2.43. The average Bonchev–Trinajstić information content (AvgIpc) is 2.61. The van der Waals surface area contributed by atoms with Crippen LogP contribution in [0, 0.1) is 11.3 Å². The fraction of sp³-hybridized carbons (Fsp3) is 0.667. The van der Waals surface area contributed by atoms with Crippen molar-refractivity contribution in [3.8, 4) is 0 Å². The van der Waals surface area contributed by atoms with E-state index in [2.05, 4.69) is 26.1 Å². The number of carbonyl (C=O) groups excluding carboxylic acids is 2. The van der Waals surface area contributed by atoms with Crippen molar-refractivity contribution in [1.29, 1.82) is 0 Å². The van der Waals surface area contributed by atoms with E-state index in [0.29, 0.717) is 25.1 Å². The molecule has 0 radical (unpaired) electrons. The van der Waals surface area contributed by atoms with Crippen molar-refractivity contribution in [2.75, 3.05) is 13.1 Å². The van der Waals surface area contributed by atoms with Gasteiger partial charge in [-0.05, 0) is 30.6 Å². The number of carboxylic acid groups (broad SMARTS) is 1. The van der Waals surface area contributed by atoms with Crippen LogP contribution in [0.5, 0.6) is 0 Å². The summed E-state index contributed by atoms with van der Waals surface area (Å²) in [6.07, 6.45) is 4.45. The molecule has 21 heavy (non-hydrogen) atoms. The number of carboxylic acids is 1. The molecule has 1 rings (SSSR count). The molecule has 0 aromatic carbocycles. The Morgan fingerprint density at radius 1 is 1.14 bits per heavy atom. The molecule has 0 aromatic rings. The SMILES string of the molecule is CC(C)(C)C1CCCN(C(=O)NC(=O)C=CC(=O)O)CC1. The molecule has 0 aromatic heterocycles. The van der Waals surface area contributed by atoms with Crippen molar-refractivity contribution >= 4 is 17.9 Å². The van der Waals surface area contributed by atoms with Crippen LogP contribution in [0.15, 0.2) is 12.2 Å². The summed E-state index contributed by atoms with van der Waals surface area (Å²) >= 11 is 0. The summed E-state index contributed by atoms with van der Waals surface area (Å²) in [4.78, 5) is 35.3. The number of hydrogen-bond acceptors (Lipinski definition) is 3. The van der Waals surface area contributed by atoms with Gasteiger partial charge in [0, 0.05) is 25.2 Å². The van der Waals surface area contributed by atoms with Crippen molar-refractivity contribution in [2.45, 2.75) is 40.0 Å². The highest BCUT2D eigenvalue weighted by molar-refractivity contribution is 6.02. The van der Waals surface area contributed by atoms with Crippen molar-refractivity contribution in [1.82, 2.24) is 10.2 Å². The molecule has 1 atom stereocenters. The number of hydrogen-bond donors (Lipinski definition) is 2. The van der Waals surface area contributed by atoms with Gasteiger partial charge in [-0.2, -0.15) is 0 Å². The highest BCUT2D eigenvalue weighted by atomic mass is 16.4. The third kappa shape index (κ3) is 5.97. The number of nitrogens with zero attached hydrogens (tertiary/aromatic N) is 1. The highest BCUT2D eigenvalue weighted by Gasteiger charge is 2.28. The Labute approximate surface area is 125 Å². The first-order valence-corrected chi connectivity index (χ1v) is 7.21. The maximum absolute atomic E-state index is 12.0.